The Kier molecular flexibility index (Phi) is 5.13. The van der Waals surface area contributed by atoms with Crippen molar-refractivity contribution >= 4 is 23.1 Å². The summed E-state index contributed by atoms with van der Waals surface area (Å²) in [6.45, 7) is 14.5. The van der Waals surface area contributed by atoms with Crippen LogP contribution in [0.5, 0.6) is 0 Å². The van der Waals surface area contributed by atoms with Crippen molar-refractivity contribution < 1.29 is 0 Å². The molecule has 0 spiro atoms. The zero-order chi connectivity index (χ0) is 19.7. The minimum atomic E-state index is 0.567. The average Bonchev–Trinajstić information content (AvgIpc) is 2.62. The van der Waals surface area contributed by atoms with E-state index >= 15 is 0 Å². The van der Waals surface area contributed by atoms with Gasteiger partial charge in [0.25, 0.3) is 0 Å². The van der Waals surface area contributed by atoms with Crippen LogP contribution in [0.15, 0.2) is 24.4 Å². The van der Waals surface area contributed by atoms with Crippen molar-refractivity contribution in [3.63, 3.8) is 0 Å². The van der Waals surface area contributed by atoms with E-state index in [1.54, 1.807) is 0 Å². The molecule has 140 valence electrons. The highest BCUT2D eigenvalue weighted by molar-refractivity contribution is 5.67. The van der Waals surface area contributed by atoms with Crippen molar-refractivity contribution in [2.24, 2.45) is 0 Å². The molecular formula is C22H27N5. The van der Waals surface area contributed by atoms with Gasteiger partial charge in [-0.15, -0.1) is 0 Å². The Balaban J connectivity index is 1.93. The van der Waals surface area contributed by atoms with E-state index < -0.39 is 0 Å². The first kappa shape index (κ1) is 18.8. The van der Waals surface area contributed by atoms with Crippen LogP contribution in [0.3, 0.4) is 0 Å². The predicted octanol–water partition coefficient (Wildman–Crippen LogP) is 5.52. The van der Waals surface area contributed by atoms with E-state index in [1.807, 2.05) is 33.0 Å². The first-order valence-electron chi connectivity index (χ1n) is 9.15. The molecule has 0 aliphatic rings. The maximum Gasteiger partial charge on any atom is 0.229 e. The largest absolute Gasteiger partial charge is 0.340 e. The number of aromatic nitrogens is 3. The number of nitrogens with zero attached hydrogens (tertiary/aromatic N) is 3. The van der Waals surface area contributed by atoms with Crippen molar-refractivity contribution in [3.05, 3.63) is 63.6 Å². The van der Waals surface area contributed by atoms with E-state index in [4.69, 9.17) is 4.98 Å². The quantitative estimate of drug-likeness (QED) is 0.641. The summed E-state index contributed by atoms with van der Waals surface area (Å²) in [5, 5.41) is 6.81. The lowest BCUT2D eigenvalue weighted by Gasteiger charge is -2.16. The molecule has 0 saturated heterocycles. The Bertz CT molecular complexity index is 1010. The van der Waals surface area contributed by atoms with Gasteiger partial charge in [0.15, 0.2) is 0 Å². The van der Waals surface area contributed by atoms with Crippen LogP contribution in [0.25, 0.3) is 0 Å². The van der Waals surface area contributed by atoms with Crippen LogP contribution in [0, 0.1) is 48.5 Å². The lowest BCUT2D eigenvalue weighted by molar-refractivity contribution is 1.08. The molecule has 0 aliphatic carbocycles. The molecule has 0 aliphatic heterocycles. The predicted molar refractivity (Wildman–Crippen MR) is 112 cm³/mol. The van der Waals surface area contributed by atoms with Crippen LogP contribution < -0.4 is 10.6 Å². The molecule has 3 aromatic rings. The Labute approximate surface area is 161 Å². The molecule has 0 radical (unpaired) electrons. The summed E-state index contributed by atoms with van der Waals surface area (Å²) in [5.74, 6) is 1.37. The number of hydrogen-bond donors (Lipinski definition) is 2. The molecule has 5 nitrogen and oxygen atoms in total. The fraction of sp³-hybridized carbons (Fsp3) is 0.318. The highest BCUT2D eigenvalue weighted by Crippen LogP contribution is 2.27. The molecule has 2 N–H and O–H groups in total. The molecule has 0 fully saturated rings. The normalized spacial score (nSPS) is 10.8. The molecule has 5 heteroatoms. The van der Waals surface area contributed by atoms with Crippen molar-refractivity contribution in [2.45, 2.75) is 48.5 Å². The highest BCUT2D eigenvalue weighted by atomic mass is 15.1. The third kappa shape index (κ3) is 3.92. The van der Waals surface area contributed by atoms with Gasteiger partial charge in [-0.25, -0.2) is 4.98 Å². The van der Waals surface area contributed by atoms with Crippen LogP contribution in [0.4, 0.5) is 23.1 Å². The maximum absolute atomic E-state index is 4.70. The summed E-state index contributed by atoms with van der Waals surface area (Å²) in [4.78, 5) is 13.6. The van der Waals surface area contributed by atoms with Crippen LogP contribution in [0.2, 0.25) is 0 Å². The number of pyridine rings is 1. The van der Waals surface area contributed by atoms with Gasteiger partial charge in [-0.3, -0.25) is 4.98 Å². The lowest BCUT2D eigenvalue weighted by Crippen LogP contribution is -2.06. The van der Waals surface area contributed by atoms with E-state index in [-0.39, 0.29) is 0 Å². The summed E-state index contributed by atoms with van der Waals surface area (Å²) in [6, 6.07) is 6.25. The van der Waals surface area contributed by atoms with E-state index in [0.717, 1.165) is 39.7 Å². The molecule has 2 aromatic heterocycles. The number of hydrogen-bond acceptors (Lipinski definition) is 5. The van der Waals surface area contributed by atoms with Gasteiger partial charge in [-0.1, -0.05) is 6.07 Å². The SMILES string of the molecule is Cc1cc(Nc2ncc(C)c(Nc3ccc(C)c(C)c3C)n2)c(C)c(C)n1. The Morgan fingerprint density at radius 1 is 0.704 bits per heavy atom. The molecule has 0 unspecified atom stereocenters. The molecule has 0 amide bonds. The van der Waals surface area contributed by atoms with Crippen LogP contribution in [-0.4, -0.2) is 15.0 Å². The minimum Gasteiger partial charge on any atom is -0.340 e. The maximum atomic E-state index is 4.70. The van der Waals surface area contributed by atoms with Crippen LogP contribution in [0.1, 0.15) is 39.2 Å². The smallest absolute Gasteiger partial charge is 0.229 e. The molecule has 0 bridgehead atoms. The lowest BCUT2D eigenvalue weighted by atomic mass is 10.0. The van der Waals surface area contributed by atoms with Crippen molar-refractivity contribution in [1.82, 2.24) is 15.0 Å². The van der Waals surface area contributed by atoms with E-state index in [0.29, 0.717) is 5.95 Å². The van der Waals surface area contributed by atoms with Gasteiger partial charge in [0.1, 0.15) is 5.82 Å². The fourth-order valence-electron chi connectivity index (χ4n) is 2.99. The van der Waals surface area contributed by atoms with E-state index in [9.17, 15) is 0 Å². The summed E-state index contributed by atoms with van der Waals surface area (Å²) in [7, 11) is 0. The van der Waals surface area contributed by atoms with Crippen molar-refractivity contribution in [1.29, 1.82) is 0 Å². The first-order valence-corrected chi connectivity index (χ1v) is 9.15. The van der Waals surface area contributed by atoms with Crippen molar-refractivity contribution in [2.75, 3.05) is 10.6 Å². The molecule has 2 heterocycles. The number of anilines is 4. The minimum absolute atomic E-state index is 0.567. The Morgan fingerprint density at radius 2 is 1.44 bits per heavy atom. The van der Waals surface area contributed by atoms with Gasteiger partial charge < -0.3 is 10.6 Å². The second kappa shape index (κ2) is 7.35. The van der Waals surface area contributed by atoms with Gasteiger partial charge in [-0.2, -0.15) is 4.98 Å². The van der Waals surface area contributed by atoms with E-state index in [1.165, 1.54) is 16.7 Å². The second-order valence-corrected chi connectivity index (χ2v) is 7.18. The third-order valence-corrected chi connectivity index (χ3v) is 5.17. The highest BCUT2D eigenvalue weighted by Gasteiger charge is 2.10. The zero-order valence-electron chi connectivity index (χ0n) is 17.2. The topological polar surface area (TPSA) is 62.7 Å². The summed E-state index contributed by atoms with van der Waals surface area (Å²) in [5.41, 5.74) is 9.95. The zero-order valence-corrected chi connectivity index (χ0v) is 17.2. The third-order valence-electron chi connectivity index (χ3n) is 5.17. The molecule has 27 heavy (non-hydrogen) atoms. The van der Waals surface area contributed by atoms with Gasteiger partial charge in [0, 0.05) is 34.5 Å². The van der Waals surface area contributed by atoms with Gasteiger partial charge in [0.2, 0.25) is 5.95 Å². The Hall–Kier alpha value is -2.95. The number of benzene rings is 1. The van der Waals surface area contributed by atoms with Crippen LogP contribution in [-0.2, 0) is 0 Å². The number of nitrogens with one attached hydrogen (secondary N) is 2. The molecular weight excluding hydrogens is 334 g/mol. The number of aryl methyl sites for hydroxylation is 4. The average molecular weight is 361 g/mol. The second-order valence-electron chi connectivity index (χ2n) is 7.18. The fourth-order valence-corrected chi connectivity index (χ4v) is 2.99. The summed E-state index contributed by atoms with van der Waals surface area (Å²) < 4.78 is 0. The standard InChI is InChI=1S/C22H27N5/c1-12-8-9-19(16(5)15(12)4)25-21-13(2)11-23-22(27-21)26-20-10-14(3)24-18(7)17(20)6/h8-11H,1-7H3,(H2,23,24,25,26,27). The van der Waals surface area contributed by atoms with Crippen molar-refractivity contribution in [3.8, 4) is 0 Å². The molecule has 0 atom stereocenters. The summed E-state index contributed by atoms with van der Waals surface area (Å²) >= 11 is 0. The first-order chi connectivity index (χ1) is 12.8. The van der Waals surface area contributed by atoms with Gasteiger partial charge >= 0.3 is 0 Å². The van der Waals surface area contributed by atoms with Crippen LogP contribution >= 0.6 is 0 Å². The molecule has 0 saturated carbocycles. The Morgan fingerprint density at radius 3 is 2.19 bits per heavy atom. The van der Waals surface area contributed by atoms with Gasteiger partial charge in [0.05, 0.1) is 0 Å². The summed E-state index contributed by atoms with van der Waals surface area (Å²) in [6.07, 6.45) is 1.84. The monoisotopic (exact) mass is 361 g/mol. The van der Waals surface area contributed by atoms with E-state index in [2.05, 4.69) is 60.4 Å². The number of rotatable bonds is 4. The molecule has 1 aromatic carbocycles. The molecule has 3 rings (SSSR count). The van der Waals surface area contributed by atoms with Gasteiger partial charge in [-0.05, 0) is 82.9 Å².